The molecule has 1 aromatic carbocycles. The molecule has 0 aliphatic carbocycles. The maximum absolute atomic E-state index is 13.9. The van der Waals surface area contributed by atoms with Gasteiger partial charge in [0.15, 0.2) is 0 Å². The minimum Gasteiger partial charge on any atom is -0.425 e. The van der Waals surface area contributed by atoms with E-state index >= 15 is 0 Å². The minimum atomic E-state index is -4.39. The van der Waals surface area contributed by atoms with E-state index in [-0.39, 0.29) is 29.3 Å². The zero-order valence-corrected chi connectivity index (χ0v) is 13.1. The van der Waals surface area contributed by atoms with E-state index in [0.29, 0.717) is 0 Å². The first-order chi connectivity index (χ1) is 11.7. The van der Waals surface area contributed by atoms with Crippen LogP contribution in [0.15, 0.2) is 22.6 Å². The average molecular weight is 361 g/mol. The number of hydrogen-bond donors (Lipinski definition) is 2. The van der Waals surface area contributed by atoms with Crippen molar-refractivity contribution in [1.29, 1.82) is 0 Å². The van der Waals surface area contributed by atoms with Gasteiger partial charge in [0.25, 0.3) is 5.91 Å². The molecule has 1 unspecified atom stereocenters. The first kappa shape index (κ1) is 18.8. The molecule has 136 valence electrons. The molecule has 1 aromatic heterocycles. The number of rotatable bonds is 6. The van der Waals surface area contributed by atoms with Gasteiger partial charge in [-0.05, 0) is 18.2 Å². The second-order valence-corrected chi connectivity index (χ2v) is 5.29. The predicted octanol–water partition coefficient (Wildman–Crippen LogP) is 2.48. The Kier molecular flexibility index (Phi) is 5.73. The lowest BCUT2D eigenvalue weighted by atomic mass is 10.0. The Morgan fingerprint density at radius 2 is 2.08 bits per heavy atom. The molecule has 0 spiro atoms. The van der Waals surface area contributed by atoms with Gasteiger partial charge in [0.2, 0.25) is 11.8 Å². The molecular weight excluding hydrogens is 346 g/mol. The zero-order chi connectivity index (χ0) is 18.6. The molecule has 0 saturated heterocycles. The highest BCUT2D eigenvalue weighted by atomic mass is 19.4. The van der Waals surface area contributed by atoms with Crippen LogP contribution in [0.3, 0.4) is 0 Å². The number of carbonyl (C=O) groups is 1. The minimum absolute atomic E-state index is 0.0701. The summed E-state index contributed by atoms with van der Waals surface area (Å²) in [7, 11) is 0. The van der Waals surface area contributed by atoms with Crippen LogP contribution in [0.2, 0.25) is 0 Å². The smallest absolute Gasteiger partial charge is 0.390 e. The van der Waals surface area contributed by atoms with Crippen molar-refractivity contribution in [2.24, 2.45) is 0 Å². The van der Waals surface area contributed by atoms with E-state index < -0.39 is 37.0 Å². The van der Waals surface area contributed by atoms with Crippen LogP contribution in [0.1, 0.15) is 40.2 Å². The Morgan fingerprint density at radius 3 is 2.68 bits per heavy atom. The molecule has 2 aromatic rings. The van der Waals surface area contributed by atoms with Gasteiger partial charge in [-0.3, -0.25) is 4.79 Å². The van der Waals surface area contributed by atoms with E-state index in [2.05, 4.69) is 15.5 Å². The number of benzene rings is 1. The van der Waals surface area contributed by atoms with Crippen LogP contribution in [-0.4, -0.2) is 33.9 Å². The molecule has 1 atom stereocenters. The number of nitrogens with zero attached hydrogens (tertiary/aromatic N) is 2. The molecule has 0 saturated carbocycles. The van der Waals surface area contributed by atoms with Crippen molar-refractivity contribution < 1.29 is 31.9 Å². The van der Waals surface area contributed by atoms with Crippen LogP contribution >= 0.6 is 0 Å². The number of aryl methyl sites for hydroxylation is 1. The van der Waals surface area contributed by atoms with Gasteiger partial charge < -0.3 is 14.8 Å². The highest BCUT2D eigenvalue weighted by Crippen LogP contribution is 2.22. The number of halogens is 4. The van der Waals surface area contributed by atoms with E-state index in [1.54, 1.807) is 6.92 Å². The summed E-state index contributed by atoms with van der Waals surface area (Å²) in [6, 6.07) is 3.15. The molecule has 10 heteroatoms. The fourth-order valence-corrected chi connectivity index (χ4v) is 2.06. The molecular formula is C15H15F4N3O3. The van der Waals surface area contributed by atoms with Crippen molar-refractivity contribution in [3.8, 4) is 0 Å². The molecule has 0 radical (unpaired) electrons. The molecule has 2 rings (SSSR count). The molecule has 0 aliphatic rings. The lowest BCUT2D eigenvalue weighted by Crippen LogP contribution is -2.28. The van der Waals surface area contributed by atoms with Crippen molar-refractivity contribution in [2.75, 3.05) is 6.54 Å². The van der Waals surface area contributed by atoms with Gasteiger partial charge in [-0.2, -0.15) is 13.2 Å². The monoisotopic (exact) mass is 361 g/mol. The normalized spacial score (nSPS) is 12.9. The number of aromatic nitrogens is 2. The summed E-state index contributed by atoms with van der Waals surface area (Å²) in [5.41, 5.74) is -0.265. The Bertz CT molecular complexity index is 746. The van der Waals surface area contributed by atoms with Crippen molar-refractivity contribution in [3.63, 3.8) is 0 Å². The molecule has 2 N–H and O–H groups in total. The largest absolute Gasteiger partial charge is 0.425 e. The number of aliphatic hydroxyl groups excluding tert-OH is 1. The van der Waals surface area contributed by atoms with Crippen LogP contribution in [0.5, 0.6) is 0 Å². The first-order valence-corrected chi connectivity index (χ1v) is 7.27. The molecule has 0 bridgehead atoms. The lowest BCUT2D eigenvalue weighted by molar-refractivity contribution is -0.132. The maximum atomic E-state index is 13.9. The van der Waals surface area contributed by atoms with Gasteiger partial charge in [0, 0.05) is 24.6 Å². The van der Waals surface area contributed by atoms with Crippen LogP contribution in [0.25, 0.3) is 0 Å². The fraction of sp³-hybridized carbons (Fsp3) is 0.400. The molecule has 0 aliphatic heterocycles. The zero-order valence-electron chi connectivity index (χ0n) is 13.1. The summed E-state index contributed by atoms with van der Waals surface area (Å²) in [6.07, 6.45) is -7.09. The number of aliphatic hydroxyl groups is 1. The highest BCUT2D eigenvalue weighted by Gasteiger charge is 2.26. The summed E-state index contributed by atoms with van der Waals surface area (Å²) < 4.78 is 55.2. The summed E-state index contributed by atoms with van der Waals surface area (Å²) in [5, 5.41) is 19.4. The third-order valence-electron chi connectivity index (χ3n) is 3.25. The molecule has 1 heterocycles. The molecule has 6 nitrogen and oxygen atoms in total. The summed E-state index contributed by atoms with van der Waals surface area (Å²) in [6.45, 7) is 0.953. The van der Waals surface area contributed by atoms with Crippen molar-refractivity contribution in [3.05, 3.63) is 46.9 Å². The van der Waals surface area contributed by atoms with E-state index in [1.165, 1.54) is 0 Å². The fourth-order valence-electron chi connectivity index (χ4n) is 2.06. The Labute approximate surface area is 139 Å². The summed E-state index contributed by atoms with van der Waals surface area (Å²) in [4.78, 5) is 11.9. The summed E-state index contributed by atoms with van der Waals surface area (Å²) >= 11 is 0. The van der Waals surface area contributed by atoms with E-state index in [4.69, 9.17) is 4.42 Å². The predicted molar refractivity (Wildman–Crippen MR) is 77.1 cm³/mol. The van der Waals surface area contributed by atoms with Crippen LogP contribution in [-0.2, 0) is 6.42 Å². The molecule has 0 fully saturated rings. The Hall–Kier alpha value is -2.49. The first-order valence-electron chi connectivity index (χ1n) is 7.27. The van der Waals surface area contributed by atoms with Gasteiger partial charge in [0.1, 0.15) is 5.82 Å². The number of amides is 1. The quantitative estimate of drug-likeness (QED) is 0.772. The molecule has 25 heavy (non-hydrogen) atoms. The van der Waals surface area contributed by atoms with E-state index in [9.17, 15) is 27.5 Å². The molecule has 1 amide bonds. The lowest BCUT2D eigenvalue weighted by Gasteiger charge is -2.12. The topological polar surface area (TPSA) is 88.2 Å². The number of nitrogens with one attached hydrogen (secondary N) is 1. The van der Waals surface area contributed by atoms with E-state index in [1.807, 2.05) is 0 Å². The van der Waals surface area contributed by atoms with Gasteiger partial charge in [-0.25, -0.2) is 4.39 Å². The van der Waals surface area contributed by atoms with Crippen molar-refractivity contribution in [1.82, 2.24) is 15.5 Å². The number of carbonyl (C=O) groups excluding carboxylic acids is 1. The number of hydrogen-bond acceptors (Lipinski definition) is 5. The van der Waals surface area contributed by atoms with Gasteiger partial charge >= 0.3 is 6.18 Å². The highest BCUT2D eigenvalue weighted by molar-refractivity contribution is 5.94. The van der Waals surface area contributed by atoms with Gasteiger partial charge in [-0.1, -0.05) is 0 Å². The Balaban J connectivity index is 2.07. The second kappa shape index (κ2) is 7.60. The van der Waals surface area contributed by atoms with Gasteiger partial charge in [0.05, 0.1) is 18.9 Å². The maximum Gasteiger partial charge on any atom is 0.390 e. The van der Waals surface area contributed by atoms with Gasteiger partial charge in [-0.15, -0.1) is 10.2 Å². The SMILES string of the molecule is Cc1nnc(CC(O)c2cc(C(=O)NCCC(F)(F)F)ccc2F)o1. The third kappa shape index (κ3) is 5.52. The van der Waals surface area contributed by atoms with Crippen LogP contribution in [0.4, 0.5) is 17.6 Å². The Morgan fingerprint density at radius 1 is 1.36 bits per heavy atom. The van der Waals surface area contributed by atoms with Crippen LogP contribution < -0.4 is 5.32 Å². The van der Waals surface area contributed by atoms with Crippen molar-refractivity contribution >= 4 is 5.91 Å². The number of alkyl halides is 3. The standard InChI is InChI=1S/C15H15F4N3O3/c1-8-21-22-13(25-8)7-12(23)10-6-9(2-3-11(10)16)14(24)20-5-4-15(17,18)19/h2-3,6,12,23H,4-5,7H2,1H3,(H,20,24). The van der Waals surface area contributed by atoms with Crippen molar-refractivity contribution in [2.45, 2.75) is 32.0 Å². The average Bonchev–Trinajstić information content (AvgIpc) is 2.91. The second-order valence-electron chi connectivity index (χ2n) is 5.29. The third-order valence-corrected chi connectivity index (χ3v) is 3.25. The van der Waals surface area contributed by atoms with Crippen LogP contribution in [0, 0.1) is 12.7 Å². The van der Waals surface area contributed by atoms with E-state index in [0.717, 1.165) is 18.2 Å². The summed E-state index contributed by atoms with van der Waals surface area (Å²) in [5.74, 6) is -1.20.